The molecule has 18 heavy (non-hydrogen) atoms. The fourth-order valence-electron chi connectivity index (χ4n) is 2.46. The Morgan fingerprint density at radius 1 is 1.28 bits per heavy atom. The maximum Gasteiger partial charge on any atom is 0.337 e. The third-order valence-corrected chi connectivity index (χ3v) is 3.52. The number of ether oxygens (including phenoxy) is 1. The minimum atomic E-state index is -0.885. The van der Waals surface area contributed by atoms with Gasteiger partial charge in [-0.1, -0.05) is 12.1 Å². The van der Waals surface area contributed by atoms with Crippen LogP contribution in [-0.4, -0.2) is 30.3 Å². The first-order chi connectivity index (χ1) is 8.70. The Kier molecular flexibility index (Phi) is 4.20. The summed E-state index contributed by atoms with van der Waals surface area (Å²) in [5, 5.41) is 12.5. The fourth-order valence-corrected chi connectivity index (χ4v) is 2.46. The van der Waals surface area contributed by atoms with Crippen molar-refractivity contribution in [1.82, 2.24) is 0 Å². The van der Waals surface area contributed by atoms with Crippen LogP contribution in [0.1, 0.15) is 36.0 Å². The smallest absolute Gasteiger partial charge is 0.337 e. The van der Waals surface area contributed by atoms with Gasteiger partial charge in [0.15, 0.2) is 0 Å². The number of carboxylic acid groups (broad SMARTS) is 1. The molecule has 0 radical (unpaired) electrons. The quantitative estimate of drug-likeness (QED) is 0.861. The number of hydrogen-bond acceptors (Lipinski definition) is 3. The van der Waals surface area contributed by atoms with Gasteiger partial charge in [0.05, 0.1) is 11.7 Å². The van der Waals surface area contributed by atoms with Crippen molar-refractivity contribution in [2.24, 2.45) is 0 Å². The third kappa shape index (κ3) is 3.01. The zero-order chi connectivity index (χ0) is 13.0. The molecule has 0 unspecified atom stereocenters. The molecule has 1 aromatic rings. The molecule has 1 aromatic carbocycles. The van der Waals surface area contributed by atoms with E-state index in [0.717, 1.165) is 25.7 Å². The molecule has 1 aliphatic rings. The first kappa shape index (κ1) is 12.9. The zero-order valence-electron chi connectivity index (χ0n) is 10.6. The van der Waals surface area contributed by atoms with Crippen molar-refractivity contribution >= 4 is 11.7 Å². The van der Waals surface area contributed by atoms with Crippen molar-refractivity contribution in [3.63, 3.8) is 0 Å². The molecular weight excluding hydrogens is 230 g/mol. The number of aromatic carboxylic acids is 1. The van der Waals surface area contributed by atoms with Crippen molar-refractivity contribution in [1.29, 1.82) is 0 Å². The minimum absolute atomic E-state index is 0.339. The second-order valence-corrected chi connectivity index (χ2v) is 4.70. The standard InChI is InChI=1S/C14H19NO3/c1-18-11-8-6-10(7-9-11)15-13-5-3-2-4-12(13)14(16)17/h2-5,10-11,15H,6-9H2,1H3,(H,16,17). The summed E-state index contributed by atoms with van der Waals surface area (Å²) in [6, 6.07) is 7.40. The summed E-state index contributed by atoms with van der Waals surface area (Å²) in [6.45, 7) is 0. The molecule has 1 fully saturated rings. The van der Waals surface area contributed by atoms with Gasteiger partial charge >= 0.3 is 5.97 Å². The Balaban J connectivity index is 2.00. The molecule has 4 nitrogen and oxygen atoms in total. The number of methoxy groups -OCH3 is 1. The number of benzene rings is 1. The van der Waals surface area contributed by atoms with Crippen LogP contribution in [0.2, 0.25) is 0 Å². The molecule has 0 saturated heterocycles. The van der Waals surface area contributed by atoms with Gasteiger partial charge in [-0.05, 0) is 37.8 Å². The zero-order valence-corrected chi connectivity index (χ0v) is 10.6. The van der Waals surface area contributed by atoms with E-state index in [1.807, 2.05) is 12.1 Å². The summed E-state index contributed by atoms with van der Waals surface area (Å²) in [4.78, 5) is 11.1. The molecule has 2 N–H and O–H groups in total. The summed E-state index contributed by atoms with van der Waals surface area (Å²) in [7, 11) is 1.75. The molecular formula is C14H19NO3. The molecule has 2 rings (SSSR count). The number of anilines is 1. The molecule has 0 amide bonds. The van der Waals surface area contributed by atoms with E-state index in [1.165, 1.54) is 0 Å². The molecule has 1 saturated carbocycles. The number of rotatable bonds is 4. The highest BCUT2D eigenvalue weighted by Gasteiger charge is 2.21. The first-order valence-electron chi connectivity index (χ1n) is 6.32. The Morgan fingerprint density at radius 2 is 1.94 bits per heavy atom. The molecule has 0 bridgehead atoms. The molecule has 0 heterocycles. The lowest BCUT2D eigenvalue weighted by Crippen LogP contribution is -2.29. The van der Waals surface area contributed by atoms with Gasteiger partial charge in [0.1, 0.15) is 0 Å². The Bertz CT molecular complexity index is 411. The van der Waals surface area contributed by atoms with Gasteiger partial charge < -0.3 is 15.2 Å². The van der Waals surface area contributed by atoms with Gasteiger partial charge in [-0.3, -0.25) is 0 Å². The lowest BCUT2D eigenvalue weighted by atomic mass is 9.92. The number of nitrogens with one attached hydrogen (secondary N) is 1. The van der Waals surface area contributed by atoms with Crippen molar-refractivity contribution in [3.8, 4) is 0 Å². The second-order valence-electron chi connectivity index (χ2n) is 4.70. The van der Waals surface area contributed by atoms with Crippen LogP contribution in [0.3, 0.4) is 0 Å². The van der Waals surface area contributed by atoms with Gasteiger partial charge in [-0.25, -0.2) is 4.79 Å². The van der Waals surface area contributed by atoms with Crippen LogP contribution >= 0.6 is 0 Å². The fraction of sp³-hybridized carbons (Fsp3) is 0.500. The van der Waals surface area contributed by atoms with Crippen molar-refractivity contribution in [3.05, 3.63) is 29.8 Å². The van der Waals surface area contributed by atoms with Crippen LogP contribution in [-0.2, 0) is 4.74 Å². The van der Waals surface area contributed by atoms with Crippen LogP contribution in [0, 0.1) is 0 Å². The monoisotopic (exact) mass is 249 g/mol. The number of carboxylic acids is 1. The van der Waals surface area contributed by atoms with E-state index in [1.54, 1.807) is 19.2 Å². The van der Waals surface area contributed by atoms with E-state index in [0.29, 0.717) is 23.4 Å². The maximum absolute atomic E-state index is 11.1. The summed E-state index contributed by atoms with van der Waals surface area (Å²) in [5.74, 6) is -0.885. The summed E-state index contributed by atoms with van der Waals surface area (Å²) in [6.07, 6.45) is 4.46. The van der Waals surface area contributed by atoms with E-state index in [9.17, 15) is 4.79 Å². The molecule has 1 aliphatic carbocycles. The second kappa shape index (κ2) is 5.87. The van der Waals surface area contributed by atoms with Crippen molar-refractivity contribution in [2.75, 3.05) is 12.4 Å². The van der Waals surface area contributed by atoms with E-state index >= 15 is 0 Å². The SMILES string of the molecule is COC1CCC(Nc2ccccc2C(=O)O)CC1. The van der Waals surface area contributed by atoms with Crippen LogP contribution < -0.4 is 5.32 Å². The highest BCUT2D eigenvalue weighted by Crippen LogP contribution is 2.25. The molecule has 98 valence electrons. The van der Waals surface area contributed by atoms with Crippen LogP contribution in [0.4, 0.5) is 5.69 Å². The largest absolute Gasteiger partial charge is 0.478 e. The number of carbonyl (C=O) groups is 1. The third-order valence-electron chi connectivity index (χ3n) is 3.52. The minimum Gasteiger partial charge on any atom is -0.478 e. The first-order valence-corrected chi connectivity index (χ1v) is 6.32. The highest BCUT2D eigenvalue weighted by molar-refractivity contribution is 5.94. The normalized spacial score (nSPS) is 23.6. The Labute approximate surface area is 107 Å². The Hall–Kier alpha value is -1.55. The number of para-hydroxylation sites is 1. The number of hydrogen-bond donors (Lipinski definition) is 2. The molecule has 0 aromatic heterocycles. The van der Waals surface area contributed by atoms with Gasteiger partial charge in [0.25, 0.3) is 0 Å². The van der Waals surface area contributed by atoms with Crippen LogP contribution in [0.5, 0.6) is 0 Å². The lowest BCUT2D eigenvalue weighted by Gasteiger charge is -2.29. The summed E-state index contributed by atoms with van der Waals surface area (Å²) >= 11 is 0. The van der Waals surface area contributed by atoms with Gasteiger partial charge in [0, 0.05) is 18.8 Å². The predicted octanol–water partition coefficient (Wildman–Crippen LogP) is 2.75. The molecule has 0 atom stereocenters. The molecule has 0 spiro atoms. The molecule has 0 aliphatic heterocycles. The predicted molar refractivity (Wildman–Crippen MR) is 70.1 cm³/mol. The maximum atomic E-state index is 11.1. The summed E-state index contributed by atoms with van der Waals surface area (Å²) < 4.78 is 5.33. The molecule has 4 heteroatoms. The topological polar surface area (TPSA) is 58.6 Å². The Morgan fingerprint density at radius 3 is 2.56 bits per heavy atom. The van der Waals surface area contributed by atoms with Crippen molar-refractivity contribution < 1.29 is 14.6 Å². The van der Waals surface area contributed by atoms with Crippen LogP contribution in [0.15, 0.2) is 24.3 Å². The highest BCUT2D eigenvalue weighted by atomic mass is 16.5. The van der Waals surface area contributed by atoms with Gasteiger partial charge in [-0.15, -0.1) is 0 Å². The van der Waals surface area contributed by atoms with E-state index in [4.69, 9.17) is 9.84 Å². The summed E-state index contributed by atoms with van der Waals surface area (Å²) in [5.41, 5.74) is 1.05. The van der Waals surface area contributed by atoms with Crippen molar-refractivity contribution in [2.45, 2.75) is 37.8 Å². The van der Waals surface area contributed by atoms with Crippen LogP contribution in [0.25, 0.3) is 0 Å². The van der Waals surface area contributed by atoms with Gasteiger partial charge in [-0.2, -0.15) is 0 Å². The average molecular weight is 249 g/mol. The van der Waals surface area contributed by atoms with E-state index in [2.05, 4.69) is 5.32 Å². The average Bonchev–Trinajstić information content (AvgIpc) is 2.40. The lowest BCUT2D eigenvalue weighted by molar-refractivity contribution is 0.0676. The van der Waals surface area contributed by atoms with E-state index < -0.39 is 5.97 Å². The van der Waals surface area contributed by atoms with Gasteiger partial charge in [0.2, 0.25) is 0 Å². The van der Waals surface area contributed by atoms with E-state index in [-0.39, 0.29) is 0 Å².